The topological polar surface area (TPSA) is 26.0 Å². The monoisotopic (exact) mass is 293 g/mol. The number of thioether (sulfide) groups is 1. The summed E-state index contributed by atoms with van der Waals surface area (Å²) in [5, 5.41) is 0. The molecule has 1 nitrogen and oxygen atoms in total. The third-order valence-electron chi connectivity index (χ3n) is 2.92. The number of hydrogen-bond donors (Lipinski definition) is 1. The molecule has 2 rings (SSSR count). The minimum absolute atomic E-state index is 0.145. The SMILES string of the molecule is CC(N)Cc1ccc(-c2ccc(SC(F)F)cc2)cc1. The number of halogens is 2. The summed E-state index contributed by atoms with van der Waals surface area (Å²) < 4.78 is 24.5. The number of hydrogen-bond acceptors (Lipinski definition) is 2. The Hall–Kier alpha value is -1.39. The van der Waals surface area contributed by atoms with Gasteiger partial charge in [0.25, 0.3) is 5.76 Å². The zero-order valence-corrected chi connectivity index (χ0v) is 12.0. The van der Waals surface area contributed by atoms with Gasteiger partial charge < -0.3 is 5.73 Å². The predicted molar refractivity (Wildman–Crippen MR) is 81.1 cm³/mol. The first-order valence-corrected chi connectivity index (χ1v) is 7.32. The summed E-state index contributed by atoms with van der Waals surface area (Å²) in [6.45, 7) is 1.98. The van der Waals surface area contributed by atoms with E-state index in [-0.39, 0.29) is 6.04 Å². The zero-order valence-electron chi connectivity index (χ0n) is 11.2. The largest absolute Gasteiger partial charge is 0.328 e. The van der Waals surface area contributed by atoms with Gasteiger partial charge in [0.05, 0.1) is 0 Å². The van der Waals surface area contributed by atoms with Crippen LogP contribution < -0.4 is 5.73 Å². The summed E-state index contributed by atoms with van der Waals surface area (Å²) >= 11 is 0.564. The van der Waals surface area contributed by atoms with E-state index in [0.29, 0.717) is 16.7 Å². The number of benzene rings is 2. The molecular formula is C16H17F2NS. The van der Waals surface area contributed by atoms with Crippen molar-refractivity contribution in [3.05, 3.63) is 54.1 Å². The molecule has 0 saturated heterocycles. The van der Waals surface area contributed by atoms with Crippen LogP contribution in [-0.4, -0.2) is 11.8 Å². The highest BCUT2D eigenvalue weighted by Gasteiger charge is 2.05. The van der Waals surface area contributed by atoms with E-state index < -0.39 is 5.76 Å². The average molecular weight is 293 g/mol. The van der Waals surface area contributed by atoms with E-state index in [1.54, 1.807) is 12.1 Å². The first kappa shape index (κ1) is 15.0. The molecule has 0 aromatic heterocycles. The van der Waals surface area contributed by atoms with Crippen LogP contribution in [0.5, 0.6) is 0 Å². The van der Waals surface area contributed by atoms with Gasteiger partial charge in [0.2, 0.25) is 0 Å². The van der Waals surface area contributed by atoms with Crippen LogP contribution in [0, 0.1) is 0 Å². The van der Waals surface area contributed by atoms with Crippen molar-refractivity contribution < 1.29 is 8.78 Å². The lowest BCUT2D eigenvalue weighted by molar-refractivity contribution is 0.252. The predicted octanol–water partition coefficient (Wildman–Crippen LogP) is 4.56. The van der Waals surface area contributed by atoms with Crippen LogP contribution in [0.15, 0.2) is 53.4 Å². The van der Waals surface area contributed by atoms with Crippen LogP contribution in [0.2, 0.25) is 0 Å². The second kappa shape index (κ2) is 6.86. The van der Waals surface area contributed by atoms with E-state index in [1.807, 2.05) is 31.2 Å². The van der Waals surface area contributed by atoms with E-state index in [2.05, 4.69) is 12.1 Å². The maximum absolute atomic E-state index is 12.2. The fraction of sp³-hybridized carbons (Fsp3) is 0.250. The van der Waals surface area contributed by atoms with Crippen LogP contribution in [-0.2, 0) is 6.42 Å². The molecule has 1 atom stereocenters. The summed E-state index contributed by atoms with van der Waals surface area (Å²) in [6.07, 6.45) is 0.851. The number of rotatable bonds is 5. The summed E-state index contributed by atoms with van der Waals surface area (Å²) in [7, 11) is 0. The smallest absolute Gasteiger partial charge is 0.288 e. The van der Waals surface area contributed by atoms with Gasteiger partial charge in [0, 0.05) is 10.9 Å². The van der Waals surface area contributed by atoms with Gasteiger partial charge in [-0.1, -0.05) is 48.2 Å². The minimum Gasteiger partial charge on any atom is -0.328 e. The van der Waals surface area contributed by atoms with Crippen molar-refractivity contribution in [2.45, 2.75) is 30.0 Å². The van der Waals surface area contributed by atoms with E-state index in [9.17, 15) is 8.78 Å². The van der Waals surface area contributed by atoms with Crippen LogP contribution in [0.25, 0.3) is 11.1 Å². The van der Waals surface area contributed by atoms with Crippen molar-refractivity contribution in [1.82, 2.24) is 0 Å². The molecule has 2 aromatic rings. The minimum atomic E-state index is -2.38. The molecule has 0 heterocycles. The van der Waals surface area contributed by atoms with Crippen LogP contribution in [0.4, 0.5) is 8.78 Å². The molecule has 0 aliphatic carbocycles. The molecule has 2 N–H and O–H groups in total. The Morgan fingerprint density at radius 3 is 1.90 bits per heavy atom. The Kier molecular flexibility index (Phi) is 5.15. The number of nitrogens with two attached hydrogens (primary N) is 1. The van der Waals surface area contributed by atoms with Crippen molar-refractivity contribution in [2.24, 2.45) is 5.73 Å². The molecule has 1 unspecified atom stereocenters. The molecule has 4 heteroatoms. The Labute approximate surface area is 122 Å². The highest BCUT2D eigenvalue weighted by Crippen LogP contribution is 2.28. The fourth-order valence-corrected chi connectivity index (χ4v) is 2.53. The highest BCUT2D eigenvalue weighted by molar-refractivity contribution is 7.99. The van der Waals surface area contributed by atoms with Crippen LogP contribution >= 0.6 is 11.8 Å². The van der Waals surface area contributed by atoms with Gasteiger partial charge in [-0.25, -0.2) is 0 Å². The average Bonchev–Trinajstić information content (AvgIpc) is 2.39. The van der Waals surface area contributed by atoms with Gasteiger partial charge in [-0.05, 0) is 42.2 Å². The van der Waals surface area contributed by atoms with Crippen molar-refractivity contribution in [1.29, 1.82) is 0 Å². The van der Waals surface area contributed by atoms with E-state index in [0.717, 1.165) is 17.5 Å². The maximum atomic E-state index is 12.2. The summed E-state index contributed by atoms with van der Waals surface area (Å²) in [6, 6.07) is 15.5. The van der Waals surface area contributed by atoms with Crippen LogP contribution in [0.1, 0.15) is 12.5 Å². The molecule has 0 fully saturated rings. The summed E-state index contributed by atoms with van der Waals surface area (Å²) in [4.78, 5) is 0.581. The maximum Gasteiger partial charge on any atom is 0.288 e. The molecule has 0 spiro atoms. The third kappa shape index (κ3) is 4.32. The first-order valence-electron chi connectivity index (χ1n) is 6.44. The number of alkyl halides is 2. The van der Waals surface area contributed by atoms with Crippen molar-refractivity contribution in [3.8, 4) is 11.1 Å². The van der Waals surface area contributed by atoms with Crippen molar-refractivity contribution >= 4 is 11.8 Å². The Morgan fingerprint density at radius 2 is 1.45 bits per heavy atom. The van der Waals surface area contributed by atoms with Gasteiger partial charge in [0.1, 0.15) is 0 Å². The zero-order chi connectivity index (χ0) is 14.5. The Balaban J connectivity index is 2.11. The van der Waals surface area contributed by atoms with Crippen molar-refractivity contribution in [3.63, 3.8) is 0 Å². The molecule has 106 valence electrons. The molecule has 0 aliphatic heterocycles. The fourth-order valence-electron chi connectivity index (χ4n) is 2.03. The second-order valence-electron chi connectivity index (χ2n) is 4.78. The lowest BCUT2D eigenvalue weighted by atomic mass is 10.0. The van der Waals surface area contributed by atoms with E-state index in [1.165, 1.54) is 5.56 Å². The lowest BCUT2D eigenvalue weighted by Gasteiger charge is -2.07. The van der Waals surface area contributed by atoms with Gasteiger partial charge in [0.15, 0.2) is 0 Å². The highest BCUT2D eigenvalue weighted by atomic mass is 32.2. The quantitative estimate of drug-likeness (QED) is 0.818. The lowest BCUT2D eigenvalue weighted by Crippen LogP contribution is -2.17. The summed E-state index contributed by atoms with van der Waals surface area (Å²) in [5.74, 6) is -2.38. The molecule has 0 amide bonds. The second-order valence-corrected chi connectivity index (χ2v) is 5.84. The molecule has 20 heavy (non-hydrogen) atoms. The van der Waals surface area contributed by atoms with Gasteiger partial charge in [-0.3, -0.25) is 0 Å². The molecule has 2 aromatic carbocycles. The molecule has 0 saturated carbocycles. The summed E-state index contributed by atoms with van der Waals surface area (Å²) in [5.41, 5.74) is 9.07. The first-order chi connectivity index (χ1) is 9.54. The van der Waals surface area contributed by atoms with E-state index >= 15 is 0 Å². The standard InChI is InChI=1S/C16H17F2NS/c1-11(19)10-12-2-4-13(5-3-12)14-6-8-15(9-7-14)20-16(17)18/h2-9,11,16H,10,19H2,1H3. The molecule has 0 radical (unpaired) electrons. The van der Waals surface area contributed by atoms with Gasteiger partial charge >= 0.3 is 0 Å². The third-order valence-corrected chi connectivity index (χ3v) is 3.65. The normalized spacial score (nSPS) is 12.7. The van der Waals surface area contributed by atoms with E-state index in [4.69, 9.17) is 5.73 Å². The molecular weight excluding hydrogens is 276 g/mol. The van der Waals surface area contributed by atoms with Crippen molar-refractivity contribution in [2.75, 3.05) is 0 Å². The van der Waals surface area contributed by atoms with Gasteiger partial charge in [-0.2, -0.15) is 8.78 Å². The van der Waals surface area contributed by atoms with Crippen LogP contribution in [0.3, 0.4) is 0 Å². The molecule has 0 aliphatic rings. The Morgan fingerprint density at radius 1 is 0.950 bits per heavy atom. The van der Waals surface area contributed by atoms with Gasteiger partial charge in [-0.15, -0.1) is 0 Å². The Bertz CT molecular complexity index is 484. The molecule has 0 bridgehead atoms.